The molecule has 0 amide bonds. The summed E-state index contributed by atoms with van der Waals surface area (Å²) in [7, 11) is 0. The summed E-state index contributed by atoms with van der Waals surface area (Å²) >= 11 is 9.92. The van der Waals surface area contributed by atoms with E-state index in [1.807, 2.05) is 30.5 Å². The molecule has 0 saturated carbocycles. The molecule has 0 fully saturated rings. The number of aliphatic hydroxyl groups is 1. The van der Waals surface area contributed by atoms with E-state index in [1.165, 1.54) is 5.56 Å². The van der Waals surface area contributed by atoms with Crippen LogP contribution < -0.4 is 0 Å². The minimum absolute atomic E-state index is 0.382. The van der Waals surface area contributed by atoms with Gasteiger partial charge in [0.25, 0.3) is 0 Å². The second-order valence-electron chi connectivity index (χ2n) is 4.12. The summed E-state index contributed by atoms with van der Waals surface area (Å²) in [5.74, 6) is 0. The van der Waals surface area contributed by atoms with Crippen LogP contribution in [0.1, 0.15) is 35.9 Å². The molecule has 0 aliphatic heterocycles. The number of aliphatic hydroxyl groups excluding tert-OH is 1. The highest BCUT2D eigenvalue weighted by atomic mass is 79.9. The Morgan fingerprint density at radius 3 is 1.65 bits per heavy atom. The summed E-state index contributed by atoms with van der Waals surface area (Å²) < 4.78 is 1.67. The standard InChI is InChI=1S/C7H7Br2N.C7H8BrNO/c1-5(8)6-2-3-7(9)10-4-6;1-5(10)6-2-3-7(8)9-4-6/h2-5H,1H3;2-5,10H,1H3. The Balaban J connectivity index is 0.000000200. The highest BCUT2D eigenvalue weighted by Crippen LogP contribution is 2.21. The molecule has 108 valence electrons. The fourth-order valence-electron chi connectivity index (χ4n) is 1.26. The minimum atomic E-state index is -0.430. The monoisotopic (exact) mass is 464 g/mol. The first-order chi connectivity index (χ1) is 9.40. The van der Waals surface area contributed by atoms with Crippen LogP contribution >= 0.6 is 47.8 Å². The fourth-order valence-corrected chi connectivity index (χ4v) is 2.00. The maximum atomic E-state index is 9.06. The van der Waals surface area contributed by atoms with E-state index in [9.17, 15) is 0 Å². The summed E-state index contributed by atoms with van der Waals surface area (Å²) in [5.41, 5.74) is 2.03. The third-order valence-corrected chi connectivity index (χ3v) is 3.91. The Morgan fingerprint density at radius 1 is 0.900 bits per heavy atom. The van der Waals surface area contributed by atoms with Crippen LogP contribution in [0.4, 0.5) is 0 Å². The molecular weight excluding hydrogens is 452 g/mol. The van der Waals surface area contributed by atoms with Crippen LogP contribution in [0.3, 0.4) is 0 Å². The Hall–Kier alpha value is -0.300. The third kappa shape index (κ3) is 6.43. The highest BCUT2D eigenvalue weighted by molar-refractivity contribution is 9.10. The van der Waals surface area contributed by atoms with E-state index >= 15 is 0 Å². The number of hydrogen-bond acceptors (Lipinski definition) is 3. The Kier molecular flexibility index (Phi) is 7.87. The Morgan fingerprint density at radius 2 is 1.35 bits per heavy atom. The zero-order valence-corrected chi connectivity index (χ0v) is 15.9. The molecular formula is C14H15Br3N2O. The zero-order valence-electron chi connectivity index (χ0n) is 11.1. The van der Waals surface area contributed by atoms with Gasteiger partial charge in [-0.3, -0.25) is 0 Å². The van der Waals surface area contributed by atoms with Crippen molar-refractivity contribution in [2.75, 3.05) is 0 Å². The van der Waals surface area contributed by atoms with Gasteiger partial charge in [-0.15, -0.1) is 0 Å². The van der Waals surface area contributed by atoms with Gasteiger partial charge in [-0.2, -0.15) is 0 Å². The van der Waals surface area contributed by atoms with Gasteiger partial charge in [0.05, 0.1) is 6.10 Å². The van der Waals surface area contributed by atoms with Crippen molar-refractivity contribution in [2.24, 2.45) is 0 Å². The topological polar surface area (TPSA) is 46.0 Å². The predicted molar refractivity (Wildman–Crippen MR) is 91.8 cm³/mol. The van der Waals surface area contributed by atoms with Gasteiger partial charge in [0.1, 0.15) is 9.21 Å². The summed E-state index contributed by atoms with van der Waals surface area (Å²) in [6.45, 7) is 3.79. The van der Waals surface area contributed by atoms with Gasteiger partial charge in [0.15, 0.2) is 0 Å². The van der Waals surface area contributed by atoms with Crippen molar-refractivity contribution in [3.63, 3.8) is 0 Å². The van der Waals surface area contributed by atoms with Crippen LogP contribution in [-0.2, 0) is 0 Å². The smallest absolute Gasteiger partial charge is 0.106 e. The molecule has 2 heterocycles. The third-order valence-electron chi connectivity index (χ3n) is 2.44. The van der Waals surface area contributed by atoms with Crippen molar-refractivity contribution >= 4 is 47.8 Å². The van der Waals surface area contributed by atoms with Gasteiger partial charge in [-0.1, -0.05) is 28.1 Å². The van der Waals surface area contributed by atoms with Crippen LogP contribution in [0.25, 0.3) is 0 Å². The molecule has 3 nitrogen and oxygen atoms in total. The number of pyridine rings is 2. The molecule has 0 aromatic carbocycles. The molecule has 2 unspecified atom stereocenters. The lowest BCUT2D eigenvalue weighted by atomic mass is 10.2. The maximum absolute atomic E-state index is 9.06. The summed E-state index contributed by atoms with van der Waals surface area (Å²) in [4.78, 5) is 8.43. The minimum Gasteiger partial charge on any atom is -0.389 e. The molecule has 1 N–H and O–H groups in total. The van der Waals surface area contributed by atoms with Crippen molar-refractivity contribution in [3.05, 3.63) is 57.0 Å². The number of nitrogens with zero attached hydrogens (tertiary/aromatic N) is 2. The van der Waals surface area contributed by atoms with Crippen LogP contribution in [-0.4, -0.2) is 15.1 Å². The van der Waals surface area contributed by atoms with E-state index in [1.54, 1.807) is 13.1 Å². The maximum Gasteiger partial charge on any atom is 0.106 e. The molecule has 2 aromatic rings. The largest absolute Gasteiger partial charge is 0.389 e. The first-order valence-electron chi connectivity index (χ1n) is 5.95. The van der Waals surface area contributed by atoms with Crippen molar-refractivity contribution in [1.82, 2.24) is 9.97 Å². The van der Waals surface area contributed by atoms with Crippen LogP contribution in [0, 0.1) is 0 Å². The first-order valence-corrected chi connectivity index (χ1v) is 8.45. The predicted octanol–water partition coefficient (Wildman–Crippen LogP) is 5.20. The van der Waals surface area contributed by atoms with E-state index < -0.39 is 6.10 Å². The molecule has 0 saturated heterocycles. The van der Waals surface area contributed by atoms with E-state index in [4.69, 9.17) is 5.11 Å². The lowest BCUT2D eigenvalue weighted by molar-refractivity contribution is 0.199. The van der Waals surface area contributed by atoms with Crippen LogP contribution in [0.15, 0.2) is 45.9 Å². The van der Waals surface area contributed by atoms with Gasteiger partial charge in [-0.05, 0) is 69.0 Å². The van der Waals surface area contributed by atoms with Gasteiger partial charge >= 0.3 is 0 Å². The summed E-state index contributed by atoms with van der Waals surface area (Å²) in [6.07, 6.45) is 3.07. The molecule has 0 bridgehead atoms. The molecule has 2 rings (SSSR count). The number of hydrogen-bond donors (Lipinski definition) is 1. The van der Waals surface area contributed by atoms with Crippen molar-refractivity contribution < 1.29 is 5.11 Å². The normalized spacial score (nSPS) is 13.1. The first kappa shape index (κ1) is 17.8. The quantitative estimate of drug-likeness (QED) is 0.489. The van der Waals surface area contributed by atoms with Gasteiger partial charge in [0.2, 0.25) is 0 Å². The van der Waals surface area contributed by atoms with E-state index in [0.29, 0.717) is 4.83 Å². The number of rotatable bonds is 2. The fraction of sp³-hybridized carbons (Fsp3) is 0.286. The molecule has 20 heavy (non-hydrogen) atoms. The second kappa shape index (κ2) is 8.87. The summed E-state index contributed by atoms with van der Waals surface area (Å²) in [5, 5.41) is 9.06. The number of alkyl halides is 1. The van der Waals surface area contributed by atoms with E-state index in [0.717, 1.165) is 14.8 Å². The lowest BCUT2D eigenvalue weighted by Gasteiger charge is -2.01. The molecule has 0 radical (unpaired) electrons. The zero-order chi connectivity index (χ0) is 15.1. The van der Waals surface area contributed by atoms with Gasteiger partial charge in [-0.25, -0.2) is 9.97 Å². The van der Waals surface area contributed by atoms with E-state index in [-0.39, 0.29) is 0 Å². The average Bonchev–Trinajstić information content (AvgIpc) is 2.40. The number of aromatic nitrogens is 2. The molecule has 6 heteroatoms. The van der Waals surface area contributed by atoms with E-state index in [2.05, 4.69) is 64.7 Å². The Bertz CT molecular complexity index is 463. The molecule has 0 aliphatic rings. The SMILES string of the molecule is CC(Br)c1ccc(Br)nc1.CC(O)c1ccc(Br)nc1. The van der Waals surface area contributed by atoms with Crippen molar-refractivity contribution in [2.45, 2.75) is 24.8 Å². The highest BCUT2D eigenvalue weighted by Gasteiger charge is 1.99. The van der Waals surface area contributed by atoms with Gasteiger partial charge < -0.3 is 5.11 Å². The molecule has 2 atom stereocenters. The Labute approximate surface area is 144 Å². The van der Waals surface area contributed by atoms with Crippen LogP contribution in [0.5, 0.6) is 0 Å². The van der Waals surface area contributed by atoms with Crippen molar-refractivity contribution in [3.8, 4) is 0 Å². The lowest BCUT2D eigenvalue weighted by Crippen LogP contribution is -1.90. The van der Waals surface area contributed by atoms with Gasteiger partial charge in [0, 0.05) is 17.2 Å². The van der Waals surface area contributed by atoms with Crippen molar-refractivity contribution in [1.29, 1.82) is 0 Å². The van der Waals surface area contributed by atoms with Crippen LogP contribution in [0.2, 0.25) is 0 Å². The second-order valence-corrected chi connectivity index (χ2v) is 7.12. The molecule has 0 aliphatic carbocycles. The molecule has 0 spiro atoms. The number of halogens is 3. The molecule has 2 aromatic heterocycles. The average molecular weight is 467 g/mol. The summed E-state index contributed by atoms with van der Waals surface area (Å²) in [6, 6.07) is 7.62.